The van der Waals surface area contributed by atoms with Crippen LogP contribution in [0.25, 0.3) is 10.8 Å². The van der Waals surface area contributed by atoms with Crippen molar-refractivity contribution in [1.29, 1.82) is 0 Å². The van der Waals surface area contributed by atoms with Crippen LogP contribution < -0.4 is 16.0 Å². The highest BCUT2D eigenvalue weighted by atomic mass is 16.5. The van der Waals surface area contributed by atoms with Gasteiger partial charge in [0.1, 0.15) is 12.1 Å². The summed E-state index contributed by atoms with van der Waals surface area (Å²) in [6.45, 7) is 3.46. The summed E-state index contributed by atoms with van der Waals surface area (Å²) in [6, 6.07) is 20.6. The van der Waals surface area contributed by atoms with Gasteiger partial charge < -0.3 is 20.7 Å². The molecule has 0 fully saturated rings. The third kappa shape index (κ3) is 5.33. The second kappa shape index (κ2) is 9.21. The van der Waals surface area contributed by atoms with Crippen molar-refractivity contribution < 1.29 is 14.3 Å². The van der Waals surface area contributed by atoms with E-state index in [0.717, 1.165) is 22.1 Å². The fourth-order valence-electron chi connectivity index (χ4n) is 2.87. The van der Waals surface area contributed by atoms with Gasteiger partial charge in [0, 0.05) is 24.2 Å². The summed E-state index contributed by atoms with van der Waals surface area (Å²) in [4.78, 5) is 24.5. The average molecular weight is 391 g/mol. The van der Waals surface area contributed by atoms with Crippen molar-refractivity contribution in [3.05, 3.63) is 66.7 Å². The minimum absolute atomic E-state index is 0.150. The molecule has 3 rings (SSSR count). The third-order valence-corrected chi connectivity index (χ3v) is 4.65. The van der Waals surface area contributed by atoms with Gasteiger partial charge in [0.25, 0.3) is 5.91 Å². The van der Waals surface area contributed by atoms with E-state index in [1.165, 1.54) is 7.11 Å². The first-order chi connectivity index (χ1) is 14.0. The van der Waals surface area contributed by atoms with Gasteiger partial charge in [0.05, 0.1) is 0 Å². The molecule has 2 atom stereocenters. The molecule has 3 aromatic carbocycles. The first-order valence-corrected chi connectivity index (χ1v) is 9.46. The molecule has 0 bridgehead atoms. The summed E-state index contributed by atoms with van der Waals surface area (Å²) >= 11 is 0. The topological polar surface area (TPSA) is 79.5 Å². The lowest BCUT2D eigenvalue weighted by Gasteiger charge is -2.17. The summed E-state index contributed by atoms with van der Waals surface area (Å²) in [5, 5.41) is 11.1. The SMILES string of the molecule is COC(C)C(=O)Nc1cccc(NC(C)C(=O)Nc2ccc3ccccc3c2)c1. The predicted molar refractivity (Wildman–Crippen MR) is 117 cm³/mol. The van der Waals surface area contributed by atoms with Crippen LogP contribution in [0, 0.1) is 0 Å². The van der Waals surface area contributed by atoms with Gasteiger partial charge in [0.2, 0.25) is 5.91 Å². The molecule has 0 aromatic heterocycles. The molecule has 6 nitrogen and oxygen atoms in total. The minimum Gasteiger partial charge on any atom is -0.374 e. The van der Waals surface area contributed by atoms with E-state index in [1.807, 2.05) is 54.6 Å². The molecule has 0 spiro atoms. The molecule has 0 aliphatic rings. The van der Waals surface area contributed by atoms with Crippen LogP contribution in [-0.2, 0) is 14.3 Å². The van der Waals surface area contributed by atoms with E-state index in [0.29, 0.717) is 5.69 Å². The highest BCUT2D eigenvalue weighted by Gasteiger charge is 2.15. The normalized spacial score (nSPS) is 12.8. The number of hydrogen-bond donors (Lipinski definition) is 3. The third-order valence-electron chi connectivity index (χ3n) is 4.65. The van der Waals surface area contributed by atoms with Gasteiger partial charge >= 0.3 is 0 Å². The number of anilines is 3. The van der Waals surface area contributed by atoms with Gasteiger partial charge in [-0.1, -0.05) is 36.4 Å². The lowest BCUT2D eigenvalue weighted by molar-refractivity contribution is -0.124. The molecule has 0 aliphatic heterocycles. The quantitative estimate of drug-likeness (QED) is 0.562. The van der Waals surface area contributed by atoms with Crippen LogP contribution in [0.2, 0.25) is 0 Å². The molecular formula is C23H25N3O3. The van der Waals surface area contributed by atoms with Crippen molar-refractivity contribution in [3.8, 4) is 0 Å². The van der Waals surface area contributed by atoms with E-state index >= 15 is 0 Å². The van der Waals surface area contributed by atoms with E-state index in [1.54, 1.807) is 26.0 Å². The van der Waals surface area contributed by atoms with Gasteiger partial charge in [0.15, 0.2) is 0 Å². The summed E-state index contributed by atoms with van der Waals surface area (Å²) in [7, 11) is 1.48. The van der Waals surface area contributed by atoms with E-state index in [-0.39, 0.29) is 11.8 Å². The van der Waals surface area contributed by atoms with Crippen LogP contribution in [0.1, 0.15) is 13.8 Å². The first kappa shape index (κ1) is 20.4. The Morgan fingerprint density at radius 2 is 1.41 bits per heavy atom. The van der Waals surface area contributed by atoms with Crippen LogP contribution in [-0.4, -0.2) is 31.1 Å². The van der Waals surface area contributed by atoms with Crippen LogP contribution >= 0.6 is 0 Å². The Morgan fingerprint density at radius 1 is 0.759 bits per heavy atom. The van der Waals surface area contributed by atoms with Crippen molar-refractivity contribution >= 4 is 39.6 Å². The largest absolute Gasteiger partial charge is 0.374 e. The summed E-state index contributed by atoms with van der Waals surface area (Å²) < 4.78 is 5.01. The molecule has 3 N–H and O–H groups in total. The average Bonchev–Trinajstić information content (AvgIpc) is 2.73. The Balaban J connectivity index is 1.63. The maximum Gasteiger partial charge on any atom is 0.253 e. The molecular weight excluding hydrogens is 366 g/mol. The molecule has 3 aromatic rings. The molecule has 0 radical (unpaired) electrons. The Kier molecular flexibility index (Phi) is 6.46. The van der Waals surface area contributed by atoms with Crippen LogP contribution in [0.3, 0.4) is 0 Å². The number of rotatable bonds is 7. The Labute approximate surface area is 170 Å². The molecule has 6 heteroatoms. The van der Waals surface area contributed by atoms with E-state index < -0.39 is 12.1 Å². The maximum atomic E-state index is 12.6. The molecule has 0 aliphatic carbocycles. The molecule has 0 saturated heterocycles. The van der Waals surface area contributed by atoms with Crippen molar-refractivity contribution in [2.24, 2.45) is 0 Å². The highest BCUT2D eigenvalue weighted by Crippen LogP contribution is 2.20. The van der Waals surface area contributed by atoms with Gasteiger partial charge in [-0.2, -0.15) is 0 Å². The molecule has 150 valence electrons. The second-order valence-corrected chi connectivity index (χ2v) is 6.87. The van der Waals surface area contributed by atoms with Crippen LogP contribution in [0.15, 0.2) is 66.7 Å². The Hall–Kier alpha value is -3.38. The Bertz CT molecular complexity index is 1020. The smallest absolute Gasteiger partial charge is 0.253 e. The van der Waals surface area contributed by atoms with Crippen molar-refractivity contribution in [2.75, 3.05) is 23.1 Å². The van der Waals surface area contributed by atoms with Gasteiger partial charge in [-0.25, -0.2) is 0 Å². The first-order valence-electron chi connectivity index (χ1n) is 9.46. The maximum absolute atomic E-state index is 12.6. The monoisotopic (exact) mass is 391 g/mol. The zero-order chi connectivity index (χ0) is 20.8. The lowest BCUT2D eigenvalue weighted by atomic mass is 10.1. The molecule has 0 heterocycles. The Morgan fingerprint density at radius 3 is 2.17 bits per heavy atom. The summed E-state index contributed by atoms with van der Waals surface area (Å²) in [5.41, 5.74) is 2.11. The summed E-state index contributed by atoms with van der Waals surface area (Å²) in [5.74, 6) is -0.380. The number of fused-ring (bicyclic) bond motifs is 1. The van der Waals surface area contributed by atoms with Crippen molar-refractivity contribution in [1.82, 2.24) is 0 Å². The molecule has 0 saturated carbocycles. The van der Waals surface area contributed by atoms with E-state index in [4.69, 9.17) is 4.74 Å². The molecule has 2 amide bonds. The van der Waals surface area contributed by atoms with Gasteiger partial charge in [-0.05, 0) is 55.0 Å². The highest BCUT2D eigenvalue weighted by molar-refractivity contribution is 5.98. The predicted octanol–water partition coefficient (Wildman–Crippen LogP) is 4.25. The lowest BCUT2D eigenvalue weighted by Crippen LogP contribution is -2.32. The zero-order valence-corrected chi connectivity index (χ0v) is 16.7. The van der Waals surface area contributed by atoms with Crippen molar-refractivity contribution in [2.45, 2.75) is 26.0 Å². The fourth-order valence-corrected chi connectivity index (χ4v) is 2.87. The van der Waals surface area contributed by atoms with Gasteiger partial charge in [-0.15, -0.1) is 0 Å². The van der Waals surface area contributed by atoms with Crippen LogP contribution in [0.5, 0.6) is 0 Å². The minimum atomic E-state index is -0.543. The zero-order valence-electron chi connectivity index (χ0n) is 16.7. The number of nitrogens with one attached hydrogen (secondary N) is 3. The fraction of sp³-hybridized carbons (Fsp3) is 0.217. The van der Waals surface area contributed by atoms with Gasteiger partial charge in [-0.3, -0.25) is 9.59 Å². The number of amides is 2. The van der Waals surface area contributed by atoms with Crippen molar-refractivity contribution in [3.63, 3.8) is 0 Å². The number of ether oxygens (including phenoxy) is 1. The van der Waals surface area contributed by atoms with E-state index in [2.05, 4.69) is 16.0 Å². The van der Waals surface area contributed by atoms with Crippen LogP contribution in [0.4, 0.5) is 17.1 Å². The number of methoxy groups -OCH3 is 1. The number of carbonyl (C=O) groups excluding carboxylic acids is 2. The number of carbonyl (C=O) groups is 2. The number of hydrogen-bond acceptors (Lipinski definition) is 4. The van der Waals surface area contributed by atoms with E-state index in [9.17, 15) is 9.59 Å². The molecule has 29 heavy (non-hydrogen) atoms. The molecule has 2 unspecified atom stereocenters. The number of benzene rings is 3. The second-order valence-electron chi connectivity index (χ2n) is 6.87. The standard InChI is InChI=1S/C23H25N3O3/c1-15(22(27)25-21-12-11-17-7-4-5-8-18(17)13-21)24-19-9-6-10-20(14-19)26-23(28)16(2)29-3/h4-16,24H,1-3H3,(H,25,27)(H,26,28). The summed E-state index contributed by atoms with van der Waals surface area (Å²) in [6.07, 6.45) is -0.543.